The van der Waals surface area contributed by atoms with Gasteiger partial charge in [0.2, 0.25) is 21.8 Å². The van der Waals surface area contributed by atoms with Crippen LogP contribution in [0.15, 0.2) is 15.5 Å². The SMILES string of the molecule is Cc1noc(C(C)NC(=O)C2CCN(S(=O)(=O)c3c(C)c(C)cc(C)c3C)CC2)n1. The standard InChI is InChI=1S/C21H30N4O4S/c1-12-11-13(2)15(4)19(14(12)3)30(27,28)25-9-7-18(8-10-25)20(26)22-16(5)21-23-17(6)24-29-21/h11,16,18H,7-10H2,1-6H3,(H,22,26). The van der Waals surface area contributed by atoms with Gasteiger partial charge in [0.25, 0.3) is 0 Å². The predicted molar refractivity (Wildman–Crippen MR) is 112 cm³/mol. The molecule has 1 fully saturated rings. The number of nitrogens with one attached hydrogen (secondary N) is 1. The van der Waals surface area contributed by atoms with Gasteiger partial charge in [0, 0.05) is 19.0 Å². The Morgan fingerprint density at radius 3 is 2.20 bits per heavy atom. The molecule has 0 aliphatic carbocycles. The molecule has 1 atom stereocenters. The van der Waals surface area contributed by atoms with E-state index in [2.05, 4.69) is 15.5 Å². The molecule has 1 aromatic heterocycles. The van der Waals surface area contributed by atoms with Gasteiger partial charge in [0.1, 0.15) is 6.04 Å². The Kier molecular flexibility index (Phi) is 6.33. The lowest BCUT2D eigenvalue weighted by Crippen LogP contribution is -2.43. The van der Waals surface area contributed by atoms with E-state index in [9.17, 15) is 13.2 Å². The maximum atomic E-state index is 13.4. The van der Waals surface area contributed by atoms with Crippen molar-refractivity contribution in [2.45, 2.75) is 65.3 Å². The van der Waals surface area contributed by atoms with Gasteiger partial charge in [-0.05, 0) is 76.6 Å². The molecule has 0 spiro atoms. The van der Waals surface area contributed by atoms with Gasteiger partial charge < -0.3 is 9.84 Å². The molecule has 1 aliphatic rings. The zero-order valence-corrected chi connectivity index (χ0v) is 19.3. The second-order valence-corrected chi connectivity index (χ2v) is 10.1. The molecule has 2 aromatic rings. The second kappa shape index (κ2) is 8.47. The van der Waals surface area contributed by atoms with E-state index in [4.69, 9.17) is 4.52 Å². The Labute approximate surface area is 178 Å². The first kappa shape index (κ1) is 22.4. The number of piperidine rings is 1. The first-order valence-corrected chi connectivity index (χ1v) is 11.6. The summed E-state index contributed by atoms with van der Waals surface area (Å²) < 4.78 is 33.4. The third-order valence-corrected chi connectivity index (χ3v) is 8.17. The van der Waals surface area contributed by atoms with Gasteiger partial charge >= 0.3 is 0 Å². The van der Waals surface area contributed by atoms with E-state index < -0.39 is 10.0 Å². The number of carbonyl (C=O) groups excluding carboxylic acids is 1. The second-order valence-electron chi connectivity index (χ2n) is 8.18. The highest BCUT2D eigenvalue weighted by Gasteiger charge is 2.34. The summed E-state index contributed by atoms with van der Waals surface area (Å²) in [6.07, 6.45) is 0.951. The number of aryl methyl sites for hydroxylation is 3. The fourth-order valence-corrected chi connectivity index (χ4v) is 5.98. The van der Waals surface area contributed by atoms with E-state index in [1.54, 1.807) is 13.8 Å². The number of rotatable bonds is 5. The van der Waals surface area contributed by atoms with Crippen molar-refractivity contribution < 1.29 is 17.7 Å². The molecule has 1 amide bonds. The number of aromatic nitrogens is 2. The third-order valence-electron chi connectivity index (χ3n) is 5.99. The molecule has 8 nitrogen and oxygen atoms in total. The Balaban J connectivity index is 1.69. The number of hydrogen-bond donors (Lipinski definition) is 1. The summed E-state index contributed by atoms with van der Waals surface area (Å²) in [6.45, 7) is 11.7. The summed E-state index contributed by atoms with van der Waals surface area (Å²) >= 11 is 0. The lowest BCUT2D eigenvalue weighted by atomic mass is 9.97. The van der Waals surface area contributed by atoms with Gasteiger partial charge in [-0.1, -0.05) is 11.2 Å². The van der Waals surface area contributed by atoms with E-state index in [0.717, 1.165) is 22.3 Å². The molecule has 1 saturated heterocycles. The van der Waals surface area contributed by atoms with Crippen molar-refractivity contribution in [1.29, 1.82) is 0 Å². The predicted octanol–water partition coefficient (Wildman–Crippen LogP) is 2.89. The van der Waals surface area contributed by atoms with E-state index in [-0.39, 0.29) is 17.9 Å². The molecule has 1 aromatic carbocycles. The molecular weight excluding hydrogens is 404 g/mol. The van der Waals surface area contributed by atoms with Crippen molar-refractivity contribution >= 4 is 15.9 Å². The van der Waals surface area contributed by atoms with Crippen LogP contribution in [-0.2, 0) is 14.8 Å². The monoisotopic (exact) mass is 434 g/mol. The third kappa shape index (κ3) is 4.27. The van der Waals surface area contributed by atoms with Crippen LogP contribution in [-0.4, -0.2) is 41.9 Å². The van der Waals surface area contributed by atoms with Gasteiger partial charge in [0.05, 0.1) is 4.90 Å². The van der Waals surface area contributed by atoms with Crippen molar-refractivity contribution in [2.24, 2.45) is 5.92 Å². The number of benzene rings is 1. The summed E-state index contributed by atoms with van der Waals surface area (Å²) in [5, 5.41) is 6.63. The minimum absolute atomic E-state index is 0.117. The summed E-state index contributed by atoms with van der Waals surface area (Å²) in [5.41, 5.74) is 3.52. The van der Waals surface area contributed by atoms with Crippen molar-refractivity contribution in [3.8, 4) is 0 Å². The van der Waals surface area contributed by atoms with Gasteiger partial charge in [-0.25, -0.2) is 8.42 Å². The van der Waals surface area contributed by atoms with Gasteiger partial charge in [-0.2, -0.15) is 9.29 Å². The highest BCUT2D eigenvalue weighted by molar-refractivity contribution is 7.89. The number of hydrogen-bond acceptors (Lipinski definition) is 6. The van der Waals surface area contributed by atoms with Crippen LogP contribution >= 0.6 is 0 Å². The van der Waals surface area contributed by atoms with Crippen molar-refractivity contribution in [1.82, 2.24) is 19.8 Å². The van der Waals surface area contributed by atoms with Crippen LogP contribution in [0.3, 0.4) is 0 Å². The summed E-state index contributed by atoms with van der Waals surface area (Å²) in [7, 11) is -3.61. The minimum atomic E-state index is -3.61. The van der Waals surface area contributed by atoms with Crippen molar-refractivity contribution in [3.05, 3.63) is 40.0 Å². The van der Waals surface area contributed by atoms with E-state index >= 15 is 0 Å². The fraction of sp³-hybridized carbons (Fsp3) is 0.571. The topological polar surface area (TPSA) is 105 Å². The smallest absolute Gasteiger partial charge is 0.248 e. The molecule has 9 heteroatoms. The van der Waals surface area contributed by atoms with Gasteiger partial charge in [0.15, 0.2) is 5.82 Å². The average Bonchev–Trinajstić information content (AvgIpc) is 3.13. The van der Waals surface area contributed by atoms with Crippen molar-refractivity contribution in [2.75, 3.05) is 13.1 Å². The summed E-state index contributed by atoms with van der Waals surface area (Å²) in [5.74, 6) is 0.515. The number of carbonyl (C=O) groups is 1. The van der Waals surface area contributed by atoms with Crippen LogP contribution in [0.1, 0.15) is 59.8 Å². The summed E-state index contributed by atoms with van der Waals surface area (Å²) in [4.78, 5) is 17.2. The Morgan fingerprint density at radius 2 is 1.70 bits per heavy atom. The molecule has 0 radical (unpaired) electrons. The Morgan fingerprint density at radius 1 is 1.13 bits per heavy atom. The Hall–Kier alpha value is -2.26. The van der Waals surface area contributed by atoms with Crippen LogP contribution in [0.2, 0.25) is 0 Å². The summed E-state index contributed by atoms with van der Waals surface area (Å²) in [6, 6.07) is 1.63. The highest BCUT2D eigenvalue weighted by Crippen LogP contribution is 2.31. The first-order valence-electron chi connectivity index (χ1n) is 10.2. The molecular formula is C21H30N4O4S. The molecule has 1 N–H and O–H groups in total. The lowest BCUT2D eigenvalue weighted by molar-refractivity contribution is -0.126. The zero-order valence-electron chi connectivity index (χ0n) is 18.4. The van der Waals surface area contributed by atoms with E-state index in [1.165, 1.54) is 4.31 Å². The van der Waals surface area contributed by atoms with Crippen LogP contribution in [0.25, 0.3) is 0 Å². The van der Waals surface area contributed by atoms with Gasteiger partial charge in [-0.3, -0.25) is 4.79 Å². The van der Waals surface area contributed by atoms with Crippen LogP contribution in [0.4, 0.5) is 0 Å². The maximum absolute atomic E-state index is 13.4. The quantitative estimate of drug-likeness (QED) is 0.776. The molecule has 1 unspecified atom stereocenters. The number of sulfonamides is 1. The Bertz CT molecular complexity index is 1030. The van der Waals surface area contributed by atoms with Crippen molar-refractivity contribution in [3.63, 3.8) is 0 Å². The van der Waals surface area contributed by atoms with Crippen LogP contribution in [0, 0.1) is 40.5 Å². The minimum Gasteiger partial charge on any atom is -0.344 e. The first-order chi connectivity index (χ1) is 14.0. The van der Waals surface area contributed by atoms with E-state index in [0.29, 0.717) is 42.5 Å². The van der Waals surface area contributed by atoms with Gasteiger partial charge in [-0.15, -0.1) is 0 Å². The average molecular weight is 435 g/mol. The van der Waals surface area contributed by atoms with E-state index in [1.807, 2.05) is 33.8 Å². The van der Waals surface area contributed by atoms with Crippen LogP contribution < -0.4 is 5.32 Å². The molecule has 3 rings (SSSR count). The normalized spacial score (nSPS) is 17.1. The molecule has 1 aliphatic heterocycles. The number of amides is 1. The lowest BCUT2D eigenvalue weighted by Gasteiger charge is -2.32. The largest absolute Gasteiger partial charge is 0.344 e. The number of nitrogens with zero attached hydrogens (tertiary/aromatic N) is 3. The molecule has 0 saturated carbocycles. The molecule has 164 valence electrons. The fourth-order valence-electron chi connectivity index (χ4n) is 3.94. The van der Waals surface area contributed by atoms with Crippen LogP contribution in [0.5, 0.6) is 0 Å². The highest BCUT2D eigenvalue weighted by atomic mass is 32.2. The maximum Gasteiger partial charge on any atom is 0.248 e. The molecule has 0 bridgehead atoms. The molecule has 2 heterocycles. The molecule has 30 heavy (non-hydrogen) atoms. The zero-order chi connectivity index (χ0) is 22.2.